The minimum absolute atomic E-state index is 0.0276. The van der Waals surface area contributed by atoms with E-state index in [0.29, 0.717) is 0 Å². The monoisotopic (exact) mass is 197 g/mol. The molecule has 0 aliphatic carbocycles. The van der Waals surface area contributed by atoms with E-state index in [2.05, 4.69) is 5.16 Å². The average molecular weight is 197 g/mol. The van der Waals surface area contributed by atoms with Crippen molar-refractivity contribution < 1.29 is 19.2 Å². The van der Waals surface area contributed by atoms with Gasteiger partial charge < -0.3 is 14.4 Å². The Morgan fingerprint density at radius 1 is 1.64 bits per heavy atom. The quantitative estimate of drug-likeness (QED) is 0.591. The maximum Gasteiger partial charge on any atom is 0.339 e. The Hall–Kier alpha value is -1.78. The van der Waals surface area contributed by atoms with Crippen LogP contribution in [-0.2, 0) is 11.4 Å². The summed E-state index contributed by atoms with van der Waals surface area (Å²) in [5, 5.41) is 12.4. The zero-order valence-corrected chi connectivity index (χ0v) is 7.98. The molecule has 0 saturated heterocycles. The van der Waals surface area contributed by atoms with Crippen molar-refractivity contribution in [3.63, 3.8) is 0 Å². The second-order valence-corrected chi connectivity index (χ2v) is 2.87. The van der Waals surface area contributed by atoms with Gasteiger partial charge in [-0.3, -0.25) is 0 Å². The summed E-state index contributed by atoms with van der Waals surface area (Å²) >= 11 is 0. The molecular weight excluding hydrogens is 186 g/mol. The molecule has 1 aromatic heterocycles. The Bertz CT molecular complexity index is 349. The third-order valence-corrected chi connectivity index (χ3v) is 1.42. The lowest BCUT2D eigenvalue weighted by molar-refractivity contribution is 0.0681. The van der Waals surface area contributed by atoms with Gasteiger partial charge in [-0.05, 0) is 19.9 Å². The van der Waals surface area contributed by atoms with Crippen LogP contribution in [-0.4, -0.2) is 16.8 Å². The van der Waals surface area contributed by atoms with Gasteiger partial charge in [0.15, 0.2) is 12.4 Å². The minimum atomic E-state index is -1.03. The number of carboxylic acid groups (broad SMARTS) is 1. The third kappa shape index (κ3) is 2.62. The van der Waals surface area contributed by atoms with Gasteiger partial charge in [0.1, 0.15) is 5.56 Å². The maximum atomic E-state index is 10.6. The Labute approximate surface area is 81.0 Å². The highest BCUT2D eigenvalue weighted by Gasteiger charge is 2.13. The van der Waals surface area contributed by atoms with Crippen LogP contribution < -0.4 is 0 Å². The number of carbonyl (C=O) groups is 1. The lowest BCUT2D eigenvalue weighted by atomic mass is 10.2. The molecule has 0 bridgehead atoms. The molecule has 0 amide bonds. The molecule has 1 heterocycles. The molecular formula is C9H11NO4. The smallest absolute Gasteiger partial charge is 0.339 e. The highest BCUT2D eigenvalue weighted by molar-refractivity contribution is 5.88. The number of nitrogens with zero attached hydrogens (tertiary/aromatic N) is 1. The topological polar surface area (TPSA) is 72.0 Å². The first-order valence-corrected chi connectivity index (χ1v) is 4.04. The summed E-state index contributed by atoms with van der Waals surface area (Å²) in [6.07, 6.45) is 1.31. The normalized spacial score (nSPS) is 9.57. The second-order valence-electron chi connectivity index (χ2n) is 2.87. The van der Waals surface area contributed by atoms with Gasteiger partial charge in [-0.1, -0.05) is 5.16 Å². The molecule has 0 aromatic carbocycles. The summed E-state index contributed by atoms with van der Waals surface area (Å²) in [6, 6.07) is 1.38. The van der Waals surface area contributed by atoms with Crippen LogP contribution in [0.15, 0.2) is 21.9 Å². The van der Waals surface area contributed by atoms with Gasteiger partial charge in [0.25, 0.3) is 0 Å². The summed E-state index contributed by atoms with van der Waals surface area (Å²) in [6.45, 7) is 3.58. The fourth-order valence-corrected chi connectivity index (χ4v) is 0.863. The first kappa shape index (κ1) is 10.3. The predicted octanol–water partition coefficient (Wildman–Crippen LogP) is 1.89. The number of hydrogen-bond acceptors (Lipinski definition) is 4. The van der Waals surface area contributed by atoms with E-state index in [4.69, 9.17) is 14.4 Å². The van der Waals surface area contributed by atoms with Gasteiger partial charge in [-0.25, -0.2) is 4.79 Å². The summed E-state index contributed by atoms with van der Waals surface area (Å²) in [5.74, 6) is -0.767. The number of hydrogen-bond donors (Lipinski definition) is 1. The van der Waals surface area contributed by atoms with E-state index in [1.165, 1.54) is 12.3 Å². The van der Waals surface area contributed by atoms with E-state index in [1.54, 1.807) is 13.8 Å². The molecule has 14 heavy (non-hydrogen) atoms. The number of rotatable bonds is 4. The molecule has 0 unspecified atom stereocenters. The Morgan fingerprint density at radius 2 is 2.36 bits per heavy atom. The number of aromatic carboxylic acids is 1. The summed E-state index contributed by atoms with van der Waals surface area (Å²) in [7, 11) is 0. The minimum Gasteiger partial charge on any atom is -0.478 e. The van der Waals surface area contributed by atoms with E-state index < -0.39 is 5.97 Å². The van der Waals surface area contributed by atoms with Crippen molar-refractivity contribution in [1.29, 1.82) is 0 Å². The van der Waals surface area contributed by atoms with Crippen molar-refractivity contribution in [3.05, 3.63) is 23.7 Å². The van der Waals surface area contributed by atoms with E-state index >= 15 is 0 Å². The van der Waals surface area contributed by atoms with E-state index in [9.17, 15) is 4.79 Å². The van der Waals surface area contributed by atoms with Gasteiger partial charge in [0, 0.05) is 0 Å². The van der Waals surface area contributed by atoms with Crippen LogP contribution in [0.5, 0.6) is 0 Å². The first-order chi connectivity index (χ1) is 6.61. The Kier molecular flexibility index (Phi) is 3.28. The molecule has 1 N–H and O–H groups in total. The molecule has 1 aromatic rings. The van der Waals surface area contributed by atoms with Crippen molar-refractivity contribution in [2.24, 2.45) is 5.16 Å². The van der Waals surface area contributed by atoms with Crippen LogP contribution in [0.3, 0.4) is 0 Å². The molecule has 5 nitrogen and oxygen atoms in total. The lowest BCUT2D eigenvalue weighted by Gasteiger charge is -1.97. The lowest BCUT2D eigenvalue weighted by Crippen LogP contribution is -1.99. The summed E-state index contributed by atoms with van der Waals surface area (Å²) < 4.78 is 4.93. The second kappa shape index (κ2) is 4.45. The molecule has 0 spiro atoms. The highest BCUT2D eigenvalue weighted by atomic mass is 16.6. The van der Waals surface area contributed by atoms with Crippen molar-refractivity contribution in [2.75, 3.05) is 0 Å². The van der Waals surface area contributed by atoms with Gasteiger partial charge in [-0.2, -0.15) is 0 Å². The van der Waals surface area contributed by atoms with Crippen LogP contribution in [0.25, 0.3) is 0 Å². The Balaban J connectivity index is 2.63. The maximum absolute atomic E-state index is 10.6. The summed E-state index contributed by atoms with van der Waals surface area (Å²) in [5.41, 5.74) is 0.863. The van der Waals surface area contributed by atoms with Crippen molar-refractivity contribution in [3.8, 4) is 0 Å². The number of carboxylic acids is 1. The van der Waals surface area contributed by atoms with Gasteiger partial charge in [-0.15, -0.1) is 0 Å². The largest absolute Gasteiger partial charge is 0.478 e. The van der Waals surface area contributed by atoms with Crippen LogP contribution in [0.4, 0.5) is 0 Å². The van der Waals surface area contributed by atoms with E-state index in [0.717, 1.165) is 5.71 Å². The molecule has 5 heteroatoms. The third-order valence-electron chi connectivity index (χ3n) is 1.42. The molecule has 0 fully saturated rings. The zero-order valence-electron chi connectivity index (χ0n) is 7.98. The first-order valence-electron chi connectivity index (χ1n) is 4.04. The molecule has 0 aliphatic heterocycles. The molecule has 0 radical (unpaired) electrons. The Morgan fingerprint density at radius 3 is 2.93 bits per heavy atom. The van der Waals surface area contributed by atoms with Gasteiger partial charge in [0.2, 0.25) is 0 Å². The SMILES string of the molecule is CC(C)=NOCc1occc1C(=O)O. The average Bonchev–Trinajstić information content (AvgIpc) is 2.51. The fraction of sp³-hybridized carbons (Fsp3) is 0.333. The van der Waals surface area contributed by atoms with Crippen LogP contribution >= 0.6 is 0 Å². The van der Waals surface area contributed by atoms with E-state index in [1.807, 2.05) is 0 Å². The van der Waals surface area contributed by atoms with Crippen LogP contribution in [0, 0.1) is 0 Å². The number of furan rings is 1. The predicted molar refractivity (Wildman–Crippen MR) is 49.2 cm³/mol. The fourth-order valence-electron chi connectivity index (χ4n) is 0.863. The van der Waals surface area contributed by atoms with Crippen molar-refractivity contribution in [2.45, 2.75) is 20.5 Å². The van der Waals surface area contributed by atoms with Gasteiger partial charge in [0.05, 0.1) is 12.0 Å². The van der Waals surface area contributed by atoms with Crippen LogP contribution in [0.1, 0.15) is 30.0 Å². The number of oxime groups is 1. The highest BCUT2D eigenvalue weighted by Crippen LogP contribution is 2.11. The standard InChI is InChI=1S/C9H11NO4/c1-6(2)10-14-5-8-7(9(11)12)3-4-13-8/h3-4H,5H2,1-2H3,(H,11,12). The van der Waals surface area contributed by atoms with Gasteiger partial charge >= 0.3 is 5.97 Å². The van der Waals surface area contributed by atoms with Crippen molar-refractivity contribution >= 4 is 11.7 Å². The van der Waals surface area contributed by atoms with Crippen LogP contribution in [0.2, 0.25) is 0 Å². The molecule has 76 valence electrons. The van der Waals surface area contributed by atoms with E-state index in [-0.39, 0.29) is 17.9 Å². The molecule has 0 saturated carbocycles. The zero-order chi connectivity index (χ0) is 10.6. The molecule has 0 atom stereocenters. The molecule has 0 aliphatic rings. The van der Waals surface area contributed by atoms with Crippen molar-refractivity contribution in [1.82, 2.24) is 0 Å². The molecule has 1 rings (SSSR count). The summed E-state index contributed by atoms with van der Waals surface area (Å²) in [4.78, 5) is 15.5.